The SMILES string of the molecule is CC(C)c1cccc(C(C)C)c1N1C(=O)c2ccc3c4c(Oc5ccc(S(=O)(=O)O)cc5)cc5c6c(ccc(c7c(Oc8ccc(S(=O)(=O)O)cc8)cc(c2c37)C1=O)c64)C(=O)N(c1c(C(C)C)cccc1C(C)C)C5=O. The Balaban J connectivity index is 1.27. The van der Waals surface area contributed by atoms with Gasteiger partial charge in [-0.05, 0) is 129 Å². The molecule has 2 aliphatic heterocycles. The van der Waals surface area contributed by atoms with E-state index in [1.54, 1.807) is 36.4 Å². The number of nitrogens with zero attached hydrogens (tertiary/aromatic N) is 2. The summed E-state index contributed by atoms with van der Waals surface area (Å²) in [5.74, 6) is -2.33. The van der Waals surface area contributed by atoms with Crippen molar-refractivity contribution in [3.8, 4) is 23.0 Å². The molecule has 0 aromatic heterocycles. The first-order valence-corrected chi connectivity index (χ1v) is 27.7. The molecule has 0 saturated heterocycles. The van der Waals surface area contributed by atoms with Crippen LogP contribution in [0.2, 0.25) is 0 Å². The maximum absolute atomic E-state index is 15.6. The molecule has 4 amide bonds. The number of hydrogen-bond donors (Lipinski definition) is 2. The molecule has 0 aliphatic carbocycles. The molecule has 384 valence electrons. The minimum atomic E-state index is -4.59. The van der Waals surface area contributed by atoms with E-state index in [2.05, 4.69) is 0 Å². The quantitative estimate of drug-likeness (QED) is 0.0508. The van der Waals surface area contributed by atoms with Gasteiger partial charge in [-0.1, -0.05) is 104 Å². The number of fused-ring (bicyclic) bond motifs is 2. The maximum Gasteiger partial charge on any atom is 0.294 e. The molecule has 11 rings (SSSR count). The zero-order valence-electron chi connectivity index (χ0n) is 42.5. The summed E-state index contributed by atoms with van der Waals surface area (Å²) in [6.45, 7) is 15.9. The lowest BCUT2D eigenvalue weighted by molar-refractivity contribution is 0.0877. The van der Waals surface area contributed by atoms with E-state index in [4.69, 9.17) is 9.47 Å². The minimum Gasteiger partial charge on any atom is -0.457 e. The van der Waals surface area contributed by atoms with Crippen molar-refractivity contribution < 1.29 is 54.6 Å². The van der Waals surface area contributed by atoms with Gasteiger partial charge in [0.1, 0.15) is 23.0 Å². The zero-order valence-corrected chi connectivity index (χ0v) is 44.2. The third-order valence-corrected chi connectivity index (χ3v) is 16.3. The van der Waals surface area contributed by atoms with Crippen LogP contribution in [-0.4, -0.2) is 49.6 Å². The molecule has 0 radical (unpaired) electrons. The van der Waals surface area contributed by atoms with Crippen molar-refractivity contribution in [3.63, 3.8) is 0 Å². The molecule has 0 spiro atoms. The van der Waals surface area contributed by atoms with Gasteiger partial charge in [0.2, 0.25) is 0 Å². The van der Waals surface area contributed by atoms with E-state index in [1.165, 1.54) is 58.3 Å². The molecule has 14 nitrogen and oxygen atoms in total. The van der Waals surface area contributed by atoms with Crippen LogP contribution in [0, 0.1) is 0 Å². The van der Waals surface area contributed by atoms with Gasteiger partial charge in [-0.15, -0.1) is 0 Å². The lowest BCUT2D eigenvalue weighted by Crippen LogP contribution is -2.42. The van der Waals surface area contributed by atoms with Crippen LogP contribution in [0.1, 0.15) is 143 Å². The molecule has 0 saturated carbocycles. The lowest BCUT2D eigenvalue weighted by Gasteiger charge is -2.34. The largest absolute Gasteiger partial charge is 0.457 e. The molecule has 9 aromatic rings. The molecule has 0 bridgehead atoms. The monoisotopic (exact) mass is 1050 g/mol. The molecular formula is C60H50N2O12S2. The number of para-hydroxylation sites is 2. The standard InChI is InChI=1S/C60H50N2O12S2/c1-29(2)37-11-9-12-38(30(3)4)55(37)61-57(63)43-25-23-41-52-48(74-34-17-21-36(22-18-34)76(70,71)72)28-46-50-44(58(64)62(60(46)66)56-39(31(5)6)13-10-14-40(56)32(7)8)26-24-42(54(50)52)51-47(27-45(59(61)65)49(43)53(41)51)73-33-15-19-35(20-16-33)75(67,68)69/h9-32H,1-8H3,(H,67,68,69)(H,70,71,72). The number of ether oxygens (including phenoxy) is 2. The van der Waals surface area contributed by atoms with Gasteiger partial charge in [-0.3, -0.25) is 28.3 Å². The van der Waals surface area contributed by atoms with Crippen LogP contribution >= 0.6 is 0 Å². The Bertz CT molecular complexity index is 3930. The second-order valence-electron chi connectivity index (χ2n) is 20.6. The molecule has 0 unspecified atom stereocenters. The second-order valence-corrected chi connectivity index (χ2v) is 23.4. The van der Waals surface area contributed by atoms with Gasteiger partial charge in [-0.2, -0.15) is 16.8 Å². The second kappa shape index (κ2) is 17.8. The fraction of sp³-hybridized carbons (Fsp3) is 0.200. The third kappa shape index (κ3) is 7.72. The highest BCUT2D eigenvalue weighted by molar-refractivity contribution is 7.86. The van der Waals surface area contributed by atoms with E-state index < -0.39 is 43.9 Å². The number of imide groups is 2. The number of anilines is 2. The van der Waals surface area contributed by atoms with E-state index >= 15 is 19.2 Å². The van der Waals surface area contributed by atoms with Gasteiger partial charge in [-0.25, -0.2) is 9.80 Å². The van der Waals surface area contributed by atoms with E-state index in [0.29, 0.717) is 54.5 Å². The van der Waals surface area contributed by atoms with Crippen molar-refractivity contribution in [3.05, 3.63) is 166 Å². The predicted molar refractivity (Wildman–Crippen MR) is 292 cm³/mol. The van der Waals surface area contributed by atoms with Crippen LogP contribution in [0.4, 0.5) is 11.4 Å². The number of carbonyl (C=O) groups excluding carboxylic acids is 4. The topological polar surface area (TPSA) is 202 Å². The van der Waals surface area contributed by atoms with Crippen LogP contribution in [0.5, 0.6) is 23.0 Å². The van der Waals surface area contributed by atoms with Gasteiger partial charge in [0.25, 0.3) is 43.9 Å². The van der Waals surface area contributed by atoms with Gasteiger partial charge >= 0.3 is 0 Å². The van der Waals surface area contributed by atoms with E-state index in [0.717, 1.165) is 22.3 Å². The Labute approximate surface area is 438 Å². The fourth-order valence-corrected chi connectivity index (χ4v) is 12.1. The number of hydrogen-bond acceptors (Lipinski definition) is 10. The lowest BCUT2D eigenvalue weighted by atomic mass is 9.80. The average Bonchev–Trinajstić information content (AvgIpc) is 3.54. The number of benzene rings is 9. The Kier molecular flexibility index (Phi) is 11.7. The first-order valence-electron chi connectivity index (χ1n) is 24.8. The molecule has 2 N–H and O–H groups in total. The minimum absolute atomic E-state index is 0.0926. The molecule has 9 aromatic carbocycles. The molecule has 76 heavy (non-hydrogen) atoms. The van der Waals surface area contributed by atoms with Gasteiger partial charge in [0.05, 0.1) is 32.3 Å². The van der Waals surface area contributed by atoms with E-state index in [-0.39, 0.29) is 78.7 Å². The third-order valence-electron chi connectivity index (χ3n) is 14.6. The van der Waals surface area contributed by atoms with Crippen LogP contribution < -0.4 is 19.3 Å². The summed E-state index contributed by atoms with van der Waals surface area (Å²) in [5.41, 5.74) is 4.72. The van der Waals surface area contributed by atoms with Gasteiger partial charge in [0, 0.05) is 43.4 Å². The smallest absolute Gasteiger partial charge is 0.294 e. The van der Waals surface area contributed by atoms with Crippen molar-refractivity contribution in [1.29, 1.82) is 0 Å². The van der Waals surface area contributed by atoms with Crippen molar-refractivity contribution in [2.24, 2.45) is 0 Å². The van der Waals surface area contributed by atoms with E-state index in [1.807, 2.05) is 91.8 Å². The first kappa shape index (κ1) is 50.2. The summed E-state index contributed by atoms with van der Waals surface area (Å²) in [5, 5.41) is 3.00. The highest BCUT2D eigenvalue weighted by Crippen LogP contribution is 2.54. The van der Waals surface area contributed by atoms with Gasteiger partial charge in [0.15, 0.2) is 0 Å². The summed E-state index contributed by atoms with van der Waals surface area (Å²) >= 11 is 0. The number of rotatable bonds is 12. The number of carbonyl (C=O) groups is 4. The molecule has 0 atom stereocenters. The summed E-state index contributed by atoms with van der Waals surface area (Å²) in [6, 6.07) is 31.4. The summed E-state index contributed by atoms with van der Waals surface area (Å²) < 4.78 is 81.8. The summed E-state index contributed by atoms with van der Waals surface area (Å²) in [4.78, 5) is 63.5. The Morgan fingerprint density at radius 2 is 0.684 bits per heavy atom. The van der Waals surface area contributed by atoms with Crippen LogP contribution in [-0.2, 0) is 20.2 Å². The van der Waals surface area contributed by atoms with Crippen LogP contribution in [0.15, 0.2) is 131 Å². The Morgan fingerprint density at radius 1 is 0.382 bits per heavy atom. The summed E-state index contributed by atoms with van der Waals surface area (Å²) in [6.07, 6.45) is 0. The molecule has 16 heteroatoms. The van der Waals surface area contributed by atoms with Crippen molar-refractivity contribution >= 4 is 98.3 Å². The van der Waals surface area contributed by atoms with Crippen molar-refractivity contribution in [1.82, 2.24) is 0 Å². The fourth-order valence-electron chi connectivity index (χ4n) is 11.1. The zero-order chi connectivity index (χ0) is 54.2. The Morgan fingerprint density at radius 3 is 0.974 bits per heavy atom. The van der Waals surface area contributed by atoms with Crippen molar-refractivity contribution in [2.45, 2.75) is 88.9 Å². The molecule has 2 heterocycles. The van der Waals surface area contributed by atoms with Gasteiger partial charge < -0.3 is 9.47 Å². The Hall–Kier alpha value is -8.02. The maximum atomic E-state index is 15.6. The van der Waals surface area contributed by atoms with Crippen LogP contribution in [0.3, 0.4) is 0 Å². The molecular weight excluding hydrogens is 1000 g/mol. The summed E-state index contributed by atoms with van der Waals surface area (Å²) in [7, 11) is -9.19. The first-order chi connectivity index (χ1) is 36.0. The normalized spacial score (nSPS) is 14.1. The molecule has 2 aliphatic rings. The highest BCUT2D eigenvalue weighted by atomic mass is 32.2. The average molecular weight is 1060 g/mol. The highest BCUT2D eigenvalue weighted by Gasteiger charge is 2.42. The predicted octanol–water partition coefficient (Wildman–Crippen LogP) is 13.9. The van der Waals surface area contributed by atoms with Crippen molar-refractivity contribution in [2.75, 3.05) is 9.80 Å². The number of amides is 4. The van der Waals surface area contributed by atoms with E-state index in [9.17, 15) is 25.9 Å². The van der Waals surface area contributed by atoms with Crippen LogP contribution in [0.25, 0.3) is 43.1 Å². The molecule has 0 fully saturated rings.